The molecule has 1 aromatic carbocycles. The lowest BCUT2D eigenvalue weighted by molar-refractivity contribution is 0.0539. The minimum Gasteiger partial charge on any atom is -0.478 e. The molecule has 0 saturated carbocycles. The summed E-state index contributed by atoms with van der Waals surface area (Å²) in [5, 5.41) is 9.62. The maximum Gasteiger partial charge on any atom is 0.335 e. The highest BCUT2D eigenvalue weighted by atomic mass is 16.5. The lowest BCUT2D eigenvalue weighted by Crippen LogP contribution is -2.10. The van der Waals surface area contributed by atoms with Crippen molar-refractivity contribution in [1.82, 2.24) is 9.97 Å². The molecule has 1 N–H and O–H groups in total. The molecule has 7 nitrogen and oxygen atoms in total. The van der Waals surface area contributed by atoms with Crippen LogP contribution in [0.2, 0.25) is 0 Å². The molecule has 1 aromatic heterocycles. The van der Waals surface area contributed by atoms with E-state index in [1.54, 1.807) is 13.2 Å². The number of aromatic carboxylic acids is 1. The van der Waals surface area contributed by atoms with Crippen molar-refractivity contribution in [3.63, 3.8) is 0 Å². The van der Waals surface area contributed by atoms with Gasteiger partial charge in [-0.1, -0.05) is 0 Å². The molecule has 21 heavy (non-hydrogen) atoms. The standard InChI is InChI=1S/C14H16N2O5/c1-19-4-5-20-6-7-21-13-11-3-2-10(14(17)18)8-12(11)15-9-16-13/h2-3,8-9H,4-7H2,1H3,(H,17,18). The van der Waals surface area contributed by atoms with Crippen LogP contribution in [0.5, 0.6) is 5.88 Å². The van der Waals surface area contributed by atoms with Crippen LogP contribution in [0.1, 0.15) is 10.4 Å². The minimum absolute atomic E-state index is 0.176. The SMILES string of the molecule is COCCOCCOc1ncnc2cc(C(=O)O)ccc12. The van der Waals surface area contributed by atoms with Gasteiger partial charge in [0.2, 0.25) is 5.88 Å². The van der Waals surface area contributed by atoms with Crippen LogP contribution < -0.4 is 4.74 Å². The van der Waals surface area contributed by atoms with Crippen molar-refractivity contribution in [2.24, 2.45) is 0 Å². The first-order valence-electron chi connectivity index (χ1n) is 6.40. The molecule has 1 heterocycles. The number of hydrogen-bond donors (Lipinski definition) is 1. The van der Waals surface area contributed by atoms with E-state index < -0.39 is 5.97 Å². The Morgan fingerprint density at radius 1 is 1.19 bits per heavy atom. The smallest absolute Gasteiger partial charge is 0.335 e. The van der Waals surface area contributed by atoms with E-state index in [2.05, 4.69) is 9.97 Å². The molecular weight excluding hydrogens is 276 g/mol. The largest absolute Gasteiger partial charge is 0.478 e. The molecule has 112 valence electrons. The van der Waals surface area contributed by atoms with Crippen LogP contribution in [0.25, 0.3) is 10.9 Å². The summed E-state index contributed by atoms with van der Waals surface area (Å²) in [4.78, 5) is 19.0. The summed E-state index contributed by atoms with van der Waals surface area (Å²) in [5.41, 5.74) is 0.704. The molecule has 0 spiro atoms. The molecule has 0 atom stereocenters. The summed E-state index contributed by atoms with van der Waals surface area (Å²) in [5.74, 6) is -0.586. The summed E-state index contributed by atoms with van der Waals surface area (Å²) in [6, 6.07) is 4.62. The van der Waals surface area contributed by atoms with Crippen molar-refractivity contribution in [2.75, 3.05) is 33.5 Å². The van der Waals surface area contributed by atoms with E-state index in [1.165, 1.54) is 18.5 Å². The summed E-state index contributed by atoms with van der Waals surface area (Å²) in [6.07, 6.45) is 1.34. The number of carboxylic acid groups (broad SMARTS) is 1. The third-order valence-corrected chi connectivity index (χ3v) is 2.75. The molecule has 2 rings (SSSR count). The average Bonchev–Trinajstić information content (AvgIpc) is 2.50. The predicted molar refractivity (Wildman–Crippen MR) is 74.7 cm³/mol. The number of aromatic nitrogens is 2. The zero-order valence-corrected chi connectivity index (χ0v) is 11.6. The van der Waals surface area contributed by atoms with Gasteiger partial charge in [0.15, 0.2) is 0 Å². The highest BCUT2D eigenvalue weighted by Crippen LogP contribution is 2.22. The van der Waals surface area contributed by atoms with Crippen LogP contribution in [-0.2, 0) is 9.47 Å². The maximum atomic E-state index is 10.9. The van der Waals surface area contributed by atoms with Crippen LogP contribution >= 0.6 is 0 Å². The second kappa shape index (κ2) is 7.51. The van der Waals surface area contributed by atoms with E-state index >= 15 is 0 Å². The van der Waals surface area contributed by atoms with Crippen LogP contribution in [0.3, 0.4) is 0 Å². The molecule has 0 amide bonds. The first-order valence-corrected chi connectivity index (χ1v) is 6.40. The van der Waals surface area contributed by atoms with Crippen molar-refractivity contribution in [3.8, 4) is 5.88 Å². The van der Waals surface area contributed by atoms with E-state index in [-0.39, 0.29) is 5.56 Å². The van der Waals surface area contributed by atoms with Crippen LogP contribution in [0.15, 0.2) is 24.5 Å². The van der Waals surface area contributed by atoms with Gasteiger partial charge < -0.3 is 19.3 Å². The monoisotopic (exact) mass is 292 g/mol. The van der Waals surface area contributed by atoms with Gasteiger partial charge in [0.05, 0.1) is 36.3 Å². The molecule has 0 unspecified atom stereocenters. The molecule has 7 heteroatoms. The normalized spacial score (nSPS) is 10.7. The highest BCUT2D eigenvalue weighted by Gasteiger charge is 2.08. The van der Waals surface area contributed by atoms with Gasteiger partial charge in [-0.2, -0.15) is 0 Å². The van der Waals surface area contributed by atoms with E-state index in [4.69, 9.17) is 19.3 Å². The van der Waals surface area contributed by atoms with Gasteiger partial charge in [-0.05, 0) is 18.2 Å². The number of carbonyl (C=O) groups is 1. The Kier molecular flexibility index (Phi) is 5.42. The second-order valence-electron chi connectivity index (χ2n) is 4.17. The van der Waals surface area contributed by atoms with Gasteiger partial charge in [-0.15, -0.1) is 0 Å². The summed E-state index contributed by atoms with van der Waals surface area (Å²) < 4.78 is 15.7. The van der Waals surface area contributed by atoms with Crippen molar-refractivity contribution in [3.05, 3.63) is 30.1 Å². The number of methoxy groups -OCH3 is 1. The summed E-state index contributed by atoms with van der Waals surface area (Å²) in [6.45, 7) is 1.80. The molecule has 0 aliphatic carbocycles. The molecule has 2 aromatic rings. The Morgan fingerprint density at radius 2 is 2.00 bits per heavy atom. The number of fused-ring (bicyclic) bond motifs is 1. The molecular formula is C14H16N2O5. The number of rotatable bonds is 8. The average molecular weight is 292 g/mol. The second-order valence-corrected chi connectivity index (χ2v) is 4.17. The van der Waals surface area contributed by atoms with Crippen molar-refractivity contribution >= 4 is 16.9 Å². The fourth-order valence-corrected chi connectivity index (χ4v) is 1.72. The quantitative estimate of drug-likeness (QED) is 0.735. The summed E-state index contributed by atoms with van der Waals surface area (Å²) >= 11 is 0. The zero-order chi connectivity index (χ0) is 15.1. The van der Waals surface area contributed by atoms with Crippen LogP contribution in [-0.4, -0.2) is 54.6 Å². The van der Waals surface area contributed by atoms with E-state index in [0.717, 1.165) is 0 Å². The molecule has 0 fully saturated rings. The highest BCUT2D eigenvalue weighted by molar-refractivity contribution is 5.94. The Morgan fingerprint density at radius 3 is 2.76 bits per heavy atom. The Bertz CT molecular complexity index is 617. The number of hydrogen-bond acceptors (Lipinski definition) is 6. The van der Waals surface area contributed by atoms with E-state index in [9.17, 15) is 4.79 Å². The Labute approximate surface area is 121 Å². The number of benzene rings is 1. The van der Waals surface area contributed by atoms with Gasteiger partial charge in [-0.25, -0.2) is 14.8 Å². The topological polar surface area (TPSA) is 90.8 Å². The van der Waals surface area contributed by atoms with Gasteiger partial charge in [0.1, 0.15) is 12.9 Å². The Balaban J connectivity index is 2.01. The number of ether oxygens (including phenoxy) is 3. The predicted octanol–water partition coefficient (Wildman–Crippen LogP) is 1.37. The van der Waals surface area contributed by atoms with Crippen molar-refractivity contribution in [1.29, 1.82) is 0 Å². The fraction of sp³-hybridized carbons (Fsp3) is 0.357. The van der Waals surface area contributed by atoms with Gasteiger partial charge in [0.25, 0.3) is 0 Å². The van der Waals surface area contributed by atoms with Crippen molar-refractivity contribution < 1.29 is 24.1 Å². The number of carboxylic acids is 1. The first kappa shape index (κ1) is 15.1. The molecule has 0 radical (unpaired) electrons. The van der Waals surface area contributed by atoms with Crippen LogP contribution in [0, 0.1) is 0 Å². The third kappa shape index (κ3) is 4.11. The first-order chi connectivity index (χ1) is 10.2. The van der Waals surface area contributed by atoms with Crippen molar-refractivity contribution in [2.45, 2.75) is 0 Å². The summed E-state index contributed by atoms with van der Waals surface area (Å²) in [7, 11) is 1.61. The molecule has 0 bridgehead atoms. The third-order valence-electron chi connectivity index (χ3n) is 2.75. The molecule has 0 aliphatic rings. The lowest BCUT2D eigenvalue weighted by atomic mass is 10.1. The maximum absolute atomic E-state index is 10.9. The van der Waals surface area contributed by atoms with E-state index in [1.807, 2.05) is 0 Å². The molecule has 0 saturated heterocycles. The molecule has 0 aliphatic heterocycles. The minimum atomic E-state index is -0.996. The van der Waals surface area contributed by atoms with Crippen LogP contribution in [0.4, 0.5) is 0 Å². The van der Waals surface area contributed by atoms with Gasteiger partial charge in [-0.3, -0.25) is 0 Å². The van der Waals surface area contributed by atoms with Gasteiger partial charge in [0, 0.05) is 7.11 Å². The number of nitrogens with zero attached hydrogens (tertiary/aromatic N) is 2. The lowest BCUT2D eigenvalue weighted by Gasteiger charge is -2.08. The van der Waals surface area contributed by atoms with E-state index in [0.29, 0.717) is 43.2 Å². The fourth-order valence-electron chi connectivity index (χ4n) is 1.72. The zero-order valence-electron chi connectivity index (χ0n) is 11.6. The van der Waals surface area contributed by atoms with Gasteiger partial charge >= 0.3 is 5.97 Å². The Hall–Kier alpha value is -2.25.